The minimum atomic E-state index is -0.0372. The van der Waals surface area contributed by atoms with E-state index in [4.69, 9.17) is 23.2 Å². The highest BCUT2D eigenvalue weighted by molar-refractivity contribution is 7.99. The van der Waals surface area contributed by atoms with Crippen molar-refractivity contribution in [1.29, 1.82) is 0 Å². The number of ketones is 1. The van der Waals surface area contributed by atoms with Crippen LogP contribution in [0.5, 0.6) is 0 Å². The molecular formula is C21H16Cl2OS. The Morgan fingerprint density at radius 3 is 2.16 bits per heavy atom. The molecule has 126 valence electrons. The van der Waals surface area contributed by atoms with Crippen LogP contribution in [0.4, 0.5) is 0 Å². The summed E-state index contributed by atoms with van der Waals surface area (Å²) in [6.45, 7) is 0. The molecule has 25 heavy (non-hydrogen) atoms. The zero-order valence-corrected chi connectivity index (χ0v) is 15.7. The molecule has 0 fully saturated rings. The zero-order chi connectivity index (χ0) is 17.6. The molecule has 1 atom stereocenters. The second-order valence-electron chi connectivity index (χ2n) is 5.56. The number of Topliss-reactive ketones (excluding diaryl/α,β-unsaturated/α-hetero) is 1. The number of carbonyl (C=O) groups is 1. The Morgan fingerprint density at radius 2 is 1.48 bits per heavy atom. The molecule has 1 nitrogen and oxygen atoms in total. The molecule has 0 bridgehead atoms. The average Bonchev–Trinajstić information content (AvgIpc) is 2.66. The van der Waals surface area contributed by atoms with Crippen molar-refractivity contribution in [2.75, 3.05) is 0 Å². The first kappa shape index (κ1) is 18.1. The van der Waals surface area contributed by atoms with Crippen LogP contribution >= 0.6 is 35.0 Å². The summed E-state index contributed by atoms with van der Waals surface area (Å²) in [7, 11) is 0. The van der Waals surface area contributed by atoms with Gasteiger partial charge in [-0.05, 0) is 17.7 Å². The number of hydrogen-bond donors (Lipinski definition) is 0. The molecule has 0 spiro atoms. The van der Waals surface area contributed by atoms with Crippen molar-refractivity contribution in [3.8, 4) is 0 Å². The smallest absolute Gasteiger partial charge is 0.164 e. The Labute approximate surface area is 162 Å². The fraction of sp³-hybridized carbons (Fsp3) is 0.0952. The quantitative estimate of drug-likeness (QED) is 0.331. The molecule has 0 aliphatic carbocycles. The van der Waals surface area contributed by atoms with Gasteiger partial charge in [-0.3, -0.25) is 4.79 Å². The van der Waals surface area contributed by atoms with Gasteiger partial charge in [0.1, 0.15) is 0 Å². The lowest BCUT2D eigenvalue weighted by molar-refractivity contribution is 0.0982. The van der Waals surface area contributed by atoms with Crippen molar-refractivity contribution in [2.24, 2.45) is 0 Å². The summed E-state index contributed by atoms with van der Waals surface area (Å²) >= 11 is 14.0. The van der Waals surface area contributed by atoms with Crippen molar-refractivity contribution >= 4 is 40.7 Å². The number of benzene rings is 3. The Balaban J connectivity index is 1.88. The van der Waals surface area contributed by atoms with Crippen LogP contribution in [0.3, 0.4) is 0 Å². The lowest BCUT2D eigenvalue weighted by atomic mass is 10.0. The van der Waals surface area contributed by atoms with Gasteiger partial charge in [0.2, 0.25) is 0 Å². The zero-order valence-electron chi connectivity index (χ0n) is 13.4. The van der Waals surface area contributed by atoms with Gasteiger partial charge in [0.15, 0.2) is 5.78 Å². The fourth-order valence-electron chi connectivity index (χ4n) is 2.53. The largest absolute Gasteiger partial charge is 0.294 e. The highest BCUT2D eigenvalue weighted by Crippen LogP contribution is 2.43. The van der Waals surface area contributed by atoms with Gasteiger partial charge in [-0.1, -0.05) is 89.9 Å². The Kier molecular flexibility index (Phi) is 6.19. The van der Waals surface area contributed by atoms with Crippen LogP contribution in [0.1, 0.15) is 27.6 Å². The van der Waals surface area contributed by atoms with Crippen LogP contribution in [-0.4, -0.2) is 5.78 Å². The van der Waals surface area contributed by atoms with Crippen molar-refractivity contribution in [3.05, 3.63) is 100 Å². The molecule has 0 unspecified atom stereocenters. The molecule has 0 aliphatic rings. The van der Waals surface area contributed by atoms with Crippen LogP contribution < -0.4 is 0 Å². The molecule has 0 aromatic heterocycles. The number of hydrogen-bond acceptors (Lipinski definition) is 2. The van der Waals surface area contributed by atoms with Crippen molar-refractivity contribution in [3.63, 3.8) is 0 Å². The van der Waals surface area contributed by atoms with Gasteiger partial charge in [0.25, 0.3) is 0 Å². The van der Waals surface area contributed by atoms with Crippen molar-refractivity contribution in [2.45, 2.75) is 16.6 Å². The summed E-state index contributed by atoms with van der Waals surface area (Å²) in [5.74, 6) is 0.111. The Hall–Kier alpha value is -1.74. The van der Waals surface area contributed by atoms with Gasteiger partial charge in [0.05, 0.1) is 10.0 Å². The van der Waals surface area contributed by atoms with E-state index in [0.717, 1.165) is 16.0 Å². The summed E-state index contributed by atoms with van der Waals surface area (Å²) in [4.78, 5) is 13.6. The number of thioether (sulfide) groups is 1. The third kappa shape index (κ3) is 4.66. The van der Waals surface area contributed by atoms with Gasteiger partial charge >= 0.3 is 0 Å². The van der Waals surface area contributed by atoms with E-state index in [1.165, 1.54) is 0 Å². The van der Waals surface area contributed by atoms with Gasteiger partial charge in [0, 0.05) is 22.1 Å². The van der Waals surface area contributed by atoms with Gasteiger partial charge < -0.3 is 0 Å². The van der Waals surface area contributed by atoms with E-state index in [-0.39, 0.29) is 11.0 Å². The Bertz CT molecular complexity index is 850. The van der Waals surface area contributed by atoms with Gasteiger partial charge in [-0.15, -0.1) is 11.8 Å². The summed E-state index contributed by atoms with van der Waals surface area (Å²) in [6, 6.07) is 24.9. The molecule has 3 rings (SSSR count). The number of carbonyl (C=O) groups excluding carboxylic acids is 1. The van der Waals surface area contributed by atoms with E-state index < -0.39 is 0 Å². The maximum Gasteiger partial charge on any atom is 0.164 e. The normalized spacial score (nSPS) is 11.9. The molecule has 0 N–H and O–H groups in total. The first-order chi connectivity index (χ1) is 12.1. The molecule has 0 saturated heterocycles. The molecule has 0 saturated carbocycles. The maximum absolute atomic E-state index is 12.7. The van der Waals surface area contributed by atoms with Crippen LogP contribution in [-0.2, 0) is 0 Å². The highest BCUT2D eigenvalue weighted by atomic mass is 35.5. The molecule has 0 aliphatic heterocycles. The van der Waals surface area contributed by atoms with E-state index in [9.17, 15) is 4.79 Å². The predicted molar refractivity (Wildman–Crippen MR) is 107 cm³/mol. The van der Waals surface area contributed by atoms with Gasteiger partial charge in [-0.2, -0.15) is 0 Å². The van der Waals surface area contributed by atoms with Crippen molar-refractivity contribution < 1.29 is 4.79 Å². The van der Waals surface area contributed by atoms with Crippen LogP contribution in [0, 0.1) is 0 Å². The van der Waals surface area contributed by atoms with E-state index in [1.54, 1.807) is 17.8 Å². The molecule has 0 heterocycles. The third-order valence-corrected chi connectivity index (χ3v) is 6.07. The molecule has 4 heteroatoms. The van der Waals surface area contributed by atoms with Crippen molar-refractivity contribution in [1.82, 2.24) is 0 Å². The van der Waals surface area contributed by atoms with Crippen LogP contribution in [0.2, 0.25) is 10.0 Å². The molecule has 3 aromatic carbocycles. The second kappa shape index (κ2) is 8.57. The topological polar surface area (TPSA) is 17.1 Å². The molecule has 0 radical (unpaired) electrons. The second-order valence-corrected chi connectivity index (χ2v) is 7.59. The number of halogens is 2. The van der Waals surface area contributed by atoms with Gasteiger partial charge in [-0.25, -0.2) is 0 Å². The SMILES string of the molecule is O=C(C[C@H](Sc1cccc(Cl)c1Cl)c1ccccc1)c1ccccc1. The first-order valence-electron chi connectivity index (χ1n) is 7.89. The maximum atomic E-state index is 12.7. The summed E-state index contributed by atoms with van der Waals surface area (Å²) in [5.41, 5.74) is 1.81. The van der Waals surface area contributed by atoms with Crippen LogP contribution in [0.15, 0.2) is 83.8 Å². The lowest BCUT2D eigenvalue weighted by Gasteiger charge is -2.17. The third-order valence-electron chi connectivity index (χ3n) is 3.82. The van der Waals surface area contributed by atoms with E-state index >= 15 is 0 Å². The first-order valence-corrected chi connectivity index (χ1v) is 9.52. The number of rotatable bonds is 6. The monoisotopic (exact) mass is 386 g/mol. The van der Waals surface area contributed by atoms with E-state index in [0.29, 0.717) is 16.5 Å². The summed E-state index contributed by atoms with van der Waals surface area (Å²) in [6.07, 6.45) is 0.390. The minimum Gasteiger partial charge on any atom is -0.294 e. The highest BCUT2D eigenvalue weighted by Gasteiger charge is 2.20. The minimum absolute atomic E-state index is 0.0372. The fourth-order valence-corrected chi connectivity index (χ4v) is 4.23. The van der Waals surface area contributed by atoms with E-state index in [1.807, 2.05) is 72.8 Å². The average molecular weight is 387 g/mol. The lowest BCUT2D eigenvalue weighted by Crippen LogP contribution is -2.05. The summed E-state index contributed by atoms with van der Waals surface area (Å²) < 4.78 is 0. The molecular weight excluding hydrogens is 371 g/mol. The molecule has 0 amide bonds. The molecule has 3 aromatic rings. The Morgan fingerprint density at radius 1 is 0.840 bits per heavy atom. The predicted octanol–water partition coefficient (Wildman–Crippen LogP) is 7.10. The van der Waals surface area contributed by atoms with Crippen LogP contribution in [0.25, 0.3) is 0 Å². The standard InChI is InChI=1S/C21H16Cl2OS/c22-17-12-7-13-19(21(17)23)25-20(16-10-5-2-6-11-16)14-18(24)15-8-3-1-4-9-15/h1-13,20H,14H2/t20-/m0/s1. The van der Waals surface area contributed by atoms with E-state index in [2.05, 4.69) is 0 Å². The summed E-state index contributed by atoms with van der Waals surface area (Å²) in [5, 5.41) is 1.01.